The van der Waals surface area contributed by atoms with E-state index < -0.39 is 6.10 Å². The number of hydrogen-bond acceptors (Lipinski definition) is 4. The molecule has 10 heavy (non-hydrogen) atoms. The van der Waals surface area contributed by atoms with Crippen molar-refractivity contribution >= 4 is 0 Å². The minimum atomic E-state index is -0.586. The summed E-state index contributed by atoms with van der Waals surface area (Å²) in [7, 11) is 0. The Morgan fingerprint density at radius 3 is 2.50 bits per heavy atom. The number of aliphatic hydroxyl groups excluding tert-OH is 2. The van der Waals surface area contributed by atoms with Crippen LogP contribution in [-0.4, -0.2) is 36.1 Å². The van der Waals surface area contributed by atoms with E-state index in [1.165, 1.54) is 0 Å². The molecule has 0 radical (unpaired) electrons. The van der Waals surface area contributed by atoms with Crippen molar-refractivity contribution in [2.75, 3.05) is 19.8 Å². The molecule has 0 aliphatic heterocycles. The lowest BCUT2D eigenvalue weighted by Crippen LogP contribution is -2.14. The van der Waals surface area contributed by atoms with Gasteiger partial charge in [0.1, 0.15) is 6.10 Å². The summed E-state index contributed by atoms with van der Waals surface area (Å²) >= 11 is 0. The summed E-state index contributed by atoms with van der Waals surface area (Å²) in [4.78, 5) is 0. The highest BCUT2D eigenvalue weighted by atomic mass is 16.5. The van der Waals surface area contributed by atoms with Gasteiger partial charge in [0.25, 0.3) is 0 Å². The number of aliphatic hydroxyl groups is 2. The average Bonchev–Trinajstić information content (AvgIpc) is 1.98. The molecule has 0 saturated heterocycles. The Morgan fingerprint density at radius 1 is 1.40 bits per heavy atom. The van der Waals surface area contributed by atoms with Crippen molar-refractivity contribution in [2.24, 2.45) is 0 Å². The van der Waals surface area contributed by atoms with Crippen LogP contribution in [0.1, 0.15) is 6.42 Å². The molecule has 0 spiro atoms. The van der Waals surface area contributed by atoms with Gasteiger partial charge in [-0.2, -0.15) is 5.26 Å². The Hall–Kier alpha value is -0.630. The number of nitriles is 1. The van der Waals surface area contributed by atoms with Gasteiger partial charge in [0.15, 0.2) is 0 Å². The molecule has 0 amide bonds. The molecule has 0 saturated carbocycles. The lowest BCUT2D eigenvalue weighted by molar-refractivity contribution is 0.0450. The molecule has 0 fully saturated rings. The second kappa shape index (κ2) is 6.49. The van der Waals surface area contributed by atoms with E-state index in [1.54, 1.807) is 0 Å². The summed E-state index contributed by atoms with van der Waals surface area (Å²) < 4.78 is 4.81. The standard InChI is InChI=1S/C6H11NO3/c7-5-6(1-2-8)10-4-3-9/h6,8-9H,1-4H2. The molecule has 0 rings (SSSR count). The zero-order valence-electron chi connectivity index (χ0n) is 5.66. The molecule has 0 aromatic heterocycles. The van der Waals surface area contributed by atoms with Crippen molar-refractivity contribution in [1.82, 2.24) is 0 Å². The number of hydrogen-bond donors (Lipinski definition) is 2. The Bertz CT molecular complexity index is 110. The highest BCUT2D eigenvalue weighted by Gasteiger charge is 2.04. The van der Waals surface area contributed by atoms with Gasteiger partial charge in [-0.25, -0.2) is 0 Å². The summed E-state index contributed by atoms with van der Waals surface area (Å²) in [6.45, 7) is -0.00844. The molecule has 4 nitrogen and oxygen atoms in total. The zero-order valence-corrected chi connectivity index (χ0v) is 5.66. The topological polar surface area (TPSA) is 73.5 Å². The highest BCUT2D eigenvalue weighted by molar-refractivity contribution is 4.83. The first kappa shape index (κ1) is 9.37. The molecular weight excluding hydrogens is 134 g/mol. The van der Waals surface area contributed by atoms with Crippen molar-refractivity contribution in [2.45, 2.75) is 12.5 Å². The maximum atomic E-state index is 8.37. The van der Waals surface area contributed by atoms with E-state index in [0.29, 0.717) is 6.42 Å². The molecule has 0 aromatic carbocycles. The largest absolute Gasteiger partial charge is 0.396 e. The molecule has 1 unspecified atom stereocenters. The minimum absolute atomic E-state index is 0.0658. The number of ether oxygens (including phenoxy) is 1. The van der Waals surface area contributed by atoms with Gasteiger partial charge in [-0.1, -0.05) is 0 Å². The van der Waals surface area contributed by atoms with Gasteiger partial charge in [-0.05, 0) is 0 Å². The normalized spacial score (nSPS) is 12.5. The maximum absolute atomic E-state index is 8.37. The molecule has 58 valence electrons. The van der Waals surface area contributed by atoms with E-state index in [4.69, 9.17) is 20.2 Å². The van der Waals surface area contributed by atoms with Crippen LogP contribution in [0.15, 0.2) is 0 Å². The monoisotopic (exact) mass is 145 g/mol. The lowest BCUT2D eigenvalue weighted by atomic mass is 10.3. The van der Waals surface area contributed by atoms with Crippen molar-refractivity contribution in [3.05, 3.63) is 0 Å². The van der Waals surface area contributed by atoms with Crippen molar-refractivity contribution in [3.63, 3.8) is 0 Å². The molecule has 0 aliphatic rings. The fourth-order valence-corrected chi connectivity index (χ4v) is 0.497. The predicted molar refractivity (Wildman–Crippen MR) is 34.1 cm³/mol. The Kier molecular flexibility index (Phi) is 6.08. The summed E-state index contributed by atoms with van der Waals surface area (Å²) in [6.07, 6.45) is -0.284. The Labute approximate surface area is 59.7 Å². The maximum Gasteiger partial charge on any atom is 0.146 e. The third kappa shape index (κ3) is 4.27. The van der Waals surface area contributed by atoms with Crippen molar-refractivity contribution < 1.29 is 14.9 Å². The van der Waals surface area contributed by atoms with E-state index in [0.717, 1.165) is 0 Å². The van der Waals surface area contributed by atoms with E-state index in [2.05, 4.69) is 0 Å². The van der Waals surface area contributed by atoms with Gasteiger partial charge in [0.2, 0.25) is 0 Å². The van der Waals surface area contributed by atoms with Crippen LogP contribution in [0.5, 0.6) is 0 Å². The van der Waals surface area contributed by atoms with Gasteiger partial charge in [-0.15, -0.1) is 0 Å². The van der Waals surface area contributed by atoms with Crippen molar-refractivity contribution in [3.8, 4) is 6.07 Å². The Balaban J connectivity index is 3.33. The average molecular weight is 145 g/mol. The SMILES string of the molecule is N#CC(CCO)OCCO. The van der Waals surface area contributed by atoms with Crippen molar-refractivity contribution in [1.29, 1.82) is 5.26 Å². The van der Waals surface area contributed by atoms with Gasteiger partial charge in [0, 0.05) is 13.0 Å². The molecule has 2 N–H and O–H groups in total. The molecule has 1 atom stereocenters. The molecule has 4 heteroatoms. The summed E-state index contributed by atoms with van der Waals surface area (Å²) in [5.41, 5.74) is 0. The molecular formula is C6H11NO3. The second-order valence-corrected chi connectivity index (χ2v) is 1.72. The smallest absolute Gasteiger partial charge is 0.146 e. The van der Waals surface area contributed by atoms with E-state index in [9.17, 15) is 0 Å². The van der Waals surface area contributed by atoms with Crippen LogP contribution in [0.2, 0.25) is 0 Å². The predicted octanol–water partition coefficient (Wildman–Crippen LogP) is -0.730. The molecule has 0 aliphatic carbocycles. The van der Waals surface area contributed by atoms with Gasteiger partial charge >= 0.3 is 0 Å². The first-order valence-corrected chi connectivity index (χ1v) is 3.08. The van der Waals surface area contributed by atoms with E-state index >= 15 is 0 Å². The van der Waals surface area contributed by atoms with Crippen LogP contribution in [0.3, 0.4) is 0 Å². The van der Waals surface area contributed by atoms with Crippen LogP contribution < -0.4 is 0 Å². The fourth-order valence-electron chi connectivity index (χ4n) is 0.497. The fraction of sp³-hybridized carbons (Fsp3) is 0.833. The summed E-state index contributed by atoms with van der Waals surface area (Å²) in [5.74, 6) is 0. The Morgan fingerprint density at radius 2 is 2.10 bits per heavy atom. The van der Waals surface area contributed by atoms with Gasteiger partial charge in [0.05, 0.1) is 19.3 Å². The number of rotatable bonds is 5. The van der Waals surface area contributed by atoms with Gasteiger partial charge in [-0.3, -0.25) is 0 Å². The molecule has 0 heterocycles. The molecule has 0 bridgehead atoms. The van der Waals surface area contributed by atoms with Gasteiger partial charge < -0.3 is 14.9 Å². The number of nitrogens with zero attached hydrogens (tertiary/aromatic N) is 1. The third-order valence-electron chi connectivity index (χ3n) is 0.946. The van der Waals surface area contributed by atoms with Crippen LogP contribution >= 0.6 is 0 Å². The quantitative estimate of drug-likeness (QED) is 0.535. The highest BCUT2D eigenvalue weighted by Crippen LogP contribution is 1.94. The van der Waals surface area contributed by atoms with Crippen LogP contribution in [-0.2, 0) is 4.74 Å². The summed E-state index contributed by atoms with van der Waals surface area (Å²) in [6, 6.07) is 1.84. The third-order valence-corrected chi connectivity index (χ3v) is 0.946. The van der Waals surface area contributed by atoms with Crippen LogP contribution in [0.25, 0.3) is 0 Å². The summed E-state index contributed by atoms with van der Waals surface area (Å²) in [5, 5.41) is 25.0. The lowest BCUT2D eigenvalue weighted by Gasteiger charge is -2.06. The van der Waals surface area contributed by atoms with Crippen LogP contribution in [0, 0.1) is 11.3 Å². The minimum Gasteiger partial charge on any atom is -0.396 e. The zero-order chi connectivity index (χ0) is 7.82. The first-order chi connectivity index (χ1) is 4.85. The first-order valence-electron chi connectivity index (χ1n) is 3.08. The molecule has 0 aromatic rings. The van der Waals surface area contributed by atoms with Crippen LogP contribution in [0.4, 0.5) is 0 Å². The van der Waals surface area contributed by atoms with E-state index in [1.807, 2.05) is 6.07 Å². The van der Waals surface area contributed by atoms with E-state index in [-0.39, 0.29) is 19.8 Å². The second-order valence-electron chi connectivity index (χ2n) is 1.72.